The summed E-state index contributed by atoms with van der Waals surface area (Å²) in [5, 5.41) is 12.3. The van der Waals surface area contributed by atoms with Crippen LogP contribution in [0.4, 0.5) is 0 Å². The van der Waals surface area contributed by atoms with Crippen molar-refractivity contribution in [3.05, 3.63) is 65.2 Å². The molecule has 2 aromatic rings. The van der Waals surface area contributed by atoms with Gasteiger partial charge in [0.25, 0.3) is 5.91 Å². The lowest BCUT2D eigenvalue weighted by Gasteiger charge is -2.23. The van der Waals surface area contributed by atoms with Crippen molar-refractivity contribution >= 4 is 11.9 Å². The third-order valence-electron chi connectivity index (χ3n) is 4.15. The predicted molar refractivity (Wildman–Crippen MR) is 99.9 cm³/mol. The van der Waals surface area contributed by atoms with E-state index in [1.807, 2.05) is 26.0 Å². The highest BCUT2D eigenvalue weighted by Gasteiger charge is 2.19. The van der Waals surface area contributed by atoms with Gasteiger partial charge in [-0.1, -0.05) is 51.1 Å². The molecular weight excluding hydrogens is 330 g/mol. The highest BCUT2D eigenvalue weighted by molar-refractivity contribution is 5.91. The first-order chi connectivity index (χ1) is 12.4. The molecule has 2 aromatic carbocycles. The second kappa shape index (κ2) is 9.04. The normalized spacial score (nSPS) is 11.8. The zero-order valence-corrected chi connectivity index (χ0v) is 15.4. The number of amides is 1. The van der Waals surface area contributed by atoms with E-state index in [1.54, 1.807) is 6.07 Å². The molecule has 0 heterocycles. The largest absolute Gasteiger partial charge is 0.508 e. The van der Waals surface area contributed by atoms with Gasteiger partial charge in [0.05, 0.1) is 11.6 Å². The summed E-state index contributed by atoms with van der Waals surface area (Å²) in [6.07, 6.45) is 0.962. The molecule has 0 saturated carbocycles. The predicted octanol–water partition coefficient (Wildman–Crippen LogP) is 3.62. The maximum Gasteiger partial charge on any atom is 0.338 e. The first-order valence-corrected chi connectivity index (χ1v) is 8.75. The van der Waals surface area contributed by atoms with E-state index >= 15 is 0 Å². The van der Waals surface area contributed by atoms with Gasteiger partial charge < -0.3 is 15.2 Å². The molecule has 1 atom stereocenters. The minimum Gasteiger partial charge on any atom is -0.508 e. The zero-order chi connectivity index (χ0) is 19.1. The Morgan fingerprint density at radius 1 is 1.12 bits per heavy atom. The molecule has 2 rings (SSSR count). The fraction of sp³-hybridized carbons (Fsp3) is 0.333. The Labute approximate surface area is 154 Å². The van der Waals surface area contributed by atoms with Crippen molar-refractivity contribution in [2.45, 2.75) is 33.2 Å². The number of rotatable bonds is 7. The lowest BCUT2D eigenvalue weighted by atomic mass is 9.95. The molecule has 0 radical (unpaired) electrons. The number of aryl methyl sites for hydroxylation is 1. The average Bonchev–Trinajstić information content (AvgIpc) is 2.64. The van der Waals surface area contributed by atoms with E-state index < -0.39 is 5.97 Å². The Kier molecular flexibility index (Phi) is 6.78. The highest BCUT2D eigenvalue weighted by atomic mass is 16.5. The van der Waals surface area contributed by atoms with E-state index in [1.165, 1.54) is 23.8 Å². The van der Waals surface area contributed by atoms with Gasteiger partial charge in [0, 0.05) is 0 Å². The Morgan fingerprint density at radius 2 is 1.81 bits per heavy atom. The summed E-state index contributed by atoms with van der Waals surface area (Å²) in [6.45, 7) is 5.77. The number of hydrogen-bond acceptors (Lipinski definition) is 4. The number of phenolic OH excluding ortho intramolecular Hbond substituents is 1. The molecule has 5 heteroatoms. The minimum atomic E-state index is -0.649. The number of ether oxygens (including phenoxy) is 1. The SMILES string of the molecule is CCc1ccc([C@@H](NC(=O)COC(=O)c2cccc(O)c2)C(C)C)cc1. The second-order valence-electron chi connectivity index (χ2n) is 6.51. The highest BCUT2D eigenvalue weighted by Crippen LogP contribution is 2.22. The van der Waals surface area contributed by atoms with E-state index in [0.717, 1.165) is 12.0 Å². The van der Waals surface area contributed by atoms with Crippen molar-refractivity contribution in [2.24, 2.45) is 5.92 Å². The van der Waals surface area contributed by atoms with Crippen LogP contribution in [-0.4, -0.2) is 23.6 Å². The molecule has 0 saturated heterocycles. The smallest absolute Gasteiger partial charge is 0.338 e. The molecule has 0 aromatic heterocycles. The Hall–Kier alpha value is -2.82. The van der Waals surface area contributed by atoms with Gasteiger partial charge in [0.1, 0.15) is 5.75 Å². The van der Waals surface area contributed by atoms with Crippen molar-refractivity contribution in [2.75, 3.05) is 6.61 Å². The van der Waals surface area contributed by atoms with Crippen LogP contribution in [0.15, 0.2) is 48.5 Å². The Bertz CT molecular complexity index is 753. The van der Waals surface area contributed by atoms with E-state index in [0.29, 0.717) is 0 Å². The van der Waals surface area contributed by atoms with Crippen molar-refractivity contribution in [3.8, 4) is 5.75 Å². The quantitative estimate of drug-likeness (QED) is 0.744. The standard InChI is InChI=1S/C21H25NO4/c1-4-15-8-10-16(11-9-15)20(14(2)3)22-19(24)13-26-21(25)17-6-5-7-18(23)12-17/h5-12,14,20,23H,4,13H2,1-3H3,(H,22,24)/t20-/m0/s1. The molecule has 1 amide bonds. The molecule has 26 heavy (non-hydrogen) atoms. The maximum absolute atomic E-state index is 12.2. The summed E-state index contributed by atoms with van der Waals surface area (Å²) in [5.74, 6) is -0.853. The third kappa shape index (κ3) is 5.34. The summed E-state index contributed by atoms with van der Waals surface area (Å²) < 4.78 is 5.04. The molecule has 138 valence electrons. The van der Waals surface area contributed by atoms with Crippen LogP contribution in [0.3, 0.4) is 0 Å². The molecule has 0 fully saturated rings. The number of nitrogens with one attached hydrogen (secondary N) is 1. The van der Waals surface area contributed by atoms with Gasteiger partial charge in [-0.2, -0.15) is 0 Å². The molecular formula is C21H25NO4. The summed E-state index contributed by atoms with van der Waals surface area (Å²) in [4.78, 5) is 24.2. The second-order valence-corrected chi connectivity index (χ2v) is 6.51. The summed E-state index contributed by atoms with van der Waals surface area (Å²) in [5.41, 5.74) is 2.46. The maximum atomic E-state index is 12.2. The van der Waals surface area contributed by atoms with E-state index in [4.69, 9.17) is 4.74 Å². The fourth-order valence-corrected chi connectivity index (χ4v) is 2.66. The van der Waals surface area contributed by atoms with Gasteiger partial charge in [0.2, 0.25) is 0 Å². The summed E-state index contributed by atoms with van der Waals surface area (Å²) in [7, 11) is 0. The van der Waals surface area contributed by atoms with Crippen LogP contribution >= 0.6 is 0 Å². The molecule has 0 spiro atoms. The molecule has 0 aliphatic rings. The molecule has 5 nitrogen and oxygen atoms in total. The third-order valence-corrected chi connectivity index (χ3v) is 4.15. The minimum absolute atomic E-state index is 0.0284. The number of hydrogen-bond donors (Lipinski definition) is 2. The topological polar surface area (TPSA) is 75.6 Å². The summed E-state index contributed by atoms with van der Waals surface area (Å²) >= 11 is 0. The van der Waals surface area contributed by atoms with E-state index in [-0.39, 0.29) is 35.8 Å². The van der Waals surface area contributed by atoms with Gasteiger partial charge in [-0.3, -0.25) is 4.79 Å². The van der Waals surface area contributed by atoms with Crippen molar-refractivity contribution < 1.29 is 19.4 Å². The monoisotopic (exact) mass is 355 g/mol. The molecule has 0 unspecified atom stereocenters. The molecule has 0 aliphatic heterocycles. The Balaban J connectivity index is 1.96. The van der Waals surface area contributed by atoms with Crippen LogP contribution in [0.2, 0.25) is 0 Å². The van der Waals surface area contributed by atoms with Crippen LogP contribution in [0.25, 0.3) is 0 Å². The number of carbonyl (C=O) groups excluding carboxylic acids is 2. The number of esters is 1. The number of benzene rings is 2. The number of phenols is 1. The fourth-order valence-electron chi connectivity index (χ4n) is 2.66. The van der Waals surface area contributed by atoms with Crippen molar-refractivity contribution in [1.29, 1.82) is 0 Å². The van der Waals surface area contributed by atoms with E-state index in [9.17, 15) is 14.7 Å². The lowest BCUT2D eigenvalue weighted by molar-refractivity contribution is -0.125. The average molecular weight is 355 g/mol. The van der Waals surface area contributed by atoms with Gasteiger partial charge in [0.15, 0.2) is 6.61 Å². The van der Waals surface area contributed by atoms with Crippen LogP contribution in [0.1, 0.15) is 48.3 Å². The first-order valence-electron chi connectivity index (χ1n) is 8.75. The summed E-state index contributed by atoms with van der Waals surface area (Å²) in [6, 6.07) is 13.8. The van der Waals surface area contributed by atoms with E-state index in [2.05, 4.69) is 24.4 Å². The Morgan fingerprint density at radius 3 is 2.38 bits per heavy atom. The number of aromatic hydroxyl groups is 1. The van der Waals surface area contributed by atoms with Crippen LogP contribution in [-0.2, 0) is 16.0 Å². The van der Waals surface area contributed by atoms with Crippen LogP contribution < -0.4 is 5.32 Å². The van der Waals surface area contributed by atoms with Gasteiger partial charge >= 0.3 is 5.97 Å². The molecule has 0 bridgehead atoms. The number of carbonyl (C=O) groups is 2. The lowest BCUT2D eigenvalue weighted by Crippen LogP contribution is -2.35. The zero-order valence-electron chi connectivity index (χ0n) is 15.4. The van der Waals surface area contributed by atoms with Gasteiger partial charge in [-0.15, -0.1) is 0 Å². The van der Waals surface area contributed by atoms with Crippen molar-refractivity contribution in [3.63, 3.8) is 0 Å². The van der Waals surface area contributed by atoms with Gasteiger partial charge in [-0.05, 0) is 41.7 Å². The molecule has 2 N–H and O–H groups in total. The van der Waals surface area contributed by atoms with Crippen LogP contribution in [0.5, 0.6) is 5.75 Å². The van der Waals surface area contributed by atoms with Gasteiger partial charge in [-0.25, -0.2) is 4.79 Å². The first kappa shape index (κ1) is 19.5. The molecule has 0 aliphatic carbocycles. The van der Waals surface area contributed by atoms with Crippen molar-refractivity contribution in [1.82, 2.24) is 5.32 Å². The van der Waals surface area contributed by atoms with Crippen LogP contribution in [0, 0.1) is 5.92 Å².